The standard InChI is InChI=1S/C13H26N4/c1-5-6-14-9-13-10-15-11-17(13)8-7-16(4)12(2)3/h10-12,14H,5-9H2,1-4H3. The highest BCUT2D eigenvalue weighted by atomic mass is 15.2. The fourth-order valence-electron chi connectivity index (χ4n) is 1.61. The van der Waals surface area contributed by atoms with Gasteiger partial charge in [0.1, 0.15) is 0 Å². The molecular weight excluding hydrogens is 212 g/mol. The van der Waals surface area contributed by atoms with Crippen molar-refractivity contribution in [1.82, 2.24) is 19.8 Å². The quantitative estimate of drug-likeness (QED) is 0.700. The van der Waals surface area contributed by atoms with E-state index < -0.39 is 0 Å². The fraction of sp³-hybridized carbons (Fsp3) is 0.769. The van der Waals surface area contributed by atoms with E-state index >= 15 is 0 Å². The van der Waals surface area contributed by atoms with Gasteiger partial charge in [-0.25, -0.2) is 4.98 Å². The maximum Gasteiger partial charge on any atom is 0.0949 e. The van der Waals surface area contributed by atoms with E-state index in [0.29, 0.717) is 6.04 Å². The maximum absolute atomic E-state index is 4.23. The van der Waals surface area contributed by atoms with Crippen molar-refractivity contribution < 1.29 is 0 Å². The van der Waals surface area contributed by atoms with Crippen molar-refractivity contribution in [3.8, 4) is 0 Å². The molecule has 0 radical (unpaired) electrons. The highest BCUT2D eigenvalue weighted by Gasteiger charge is 2.05. The number of aromatic nitrogens is 2. The van der Waals surface area contributed by atoms with Crippen LogP contribution in [0.15, 0.2) is 12.5 Å². The van der Waals surface area contributed by atoms with Crippen molar-refractivity contribution in [2.24, 2.45) is 0 Å². The normalized spacial score (nSPS) is 11.6. The largest absolute Gasteiger partial charge is 0.332 e. The molecule has 98 valence electrons. The lowest BCUT2D eigenvalue weighted by atomic mass is 10.3. The molecule has 0 saturated heterocycles. The predicted molar refractivity (Wildman–Crippen MR) is 72.0 cm³/mol. The SMILES string of the molecule is CCCNCc1cncn1CCN(C)C(C)C. The van der Waals surface area contributed by atoms with E-state index in [9.17, 15) is 0 Å². The van der Waals surface area contributed by atoms with Gasteiger partial charge in [0.2, 0.25) is 0 Å². The van der Waals surface area contributed by atoms with Gasteiger partial charge < -0.3 is 14.8 Å². The molecule has 1 heterocycles. The van der Waals surface area contributed by atoms with Crippen LogP contribution in [-0.4, -0.2) is 40.6 Å². The van der Waals surface area contributed by atoms with Crippen molar-refractivity contribution in [2.45, 2.75) is 46.3 Å². The lowest BCUT2D eigenvalue weighted by molar-refractivity contribution is 0.261. The van der Waals surface area contributed by atoms with E-state index in [0.717, 1.165) is 26.2 Å². The Morgan fingerprint density at radius 2 is 2.24 bits per heavy atom. The summed E-state index contributed by atoms with van der Waals surface area (Å²) >= 11 is 0. The topological polar surface area (TPSA) is 33.1 Å². The van der Waals surface area contributed by atoms with Gasteiger partial charge in [-0.15, -0.1) is 0 Å². The van der Waals surface area contributed by atoms with Crippen molar-refractivity contribution in [3.05, 3.63) is 18.2 Å². The number of rotatable bonds is 8. The third kappa shape index (κ3) is 4.88. The summed E-state index contributed by atoms with van der Waals surface area (Å²) in [6.07, 6.45) is 5.05. The van der Waals surface area contributed by atoms with Gasteiger partial charge in [0, 0.05) is 31.9 Å². The van der Waals surface area contributed by atoms with Crippen molar-refractivity contribution in [3.63, 3.8) is 0 Å². The first kappa shape index (κ1) is 14.2. The van der Waals surface area contributed by atoms with E-state index in [1.165, 1.54) is 12.1 Å². The van der Waals surface area contributed by atoms with E-state index in [1.807, 2.05) is 12.5 Å². The Morgan fingerprint density at radius 1 is 1.47 bits per heavy atom. The first-order valence-corrected chi connectivity index (χ1v) is 6.55. The minimum Gasteiger partial charge on any atom is -0.332 e. The van der Waals surface area contributed by atoms with E-state index in [-0.39, 0.29) is 0 Å². The lowest BCUT2D eigenvalue weighted by Crippen LogP contribution is -2.30. The first-order valence-electron chi connectivity index (χ1n) is 6.55. The van der Waals surface area contributed by atoms with Crippen LogP contribution in [-0.2, 0) is 13.1 Å². The summed E-state index contributed by atoms with van der Waals surface area (Å²) in [5, 5.41) is 3.41. The van der Waals surface area contributed by atoms with Crippen molar-refractivity contribution >= 4 is 0 Å². The molecule has 4 nitrogen and oxygen atoms in total. The Labute approximate surface area is 105 Å². The van der Waals surface area contributed by atoms with Crippen LogP contribution in [0.1, 0.15) is 32.9 Å². The Balaban J connectivity index is 2.40. The Bertz CT molecular complexity index is 306. The van der Waals surface area contributed by atoms with Gasteiger partial charge in [0.15, 0.2) is 0 Å². The summed E-state index contributed by atoms with van der Waals surface area (Å²) in [7, 11) is 2.16. The molecule has 0 bridgehead atoms. The Hall–Kier alpha value is -0.870. The predicted octanol–water partition coefficient (Wildman–Crippen LogP) is 1.72. The molecular formula is C13H26N4. The van der Waals surface area contributed by atoms with E-state index in [1.54, 1.807) is 0 Å². The van der Waals surface area contributed by atoms with Gasteiger partial charge in [-0.3, -0.25) is 0 Å². The summed E-state index contributed by atoms with van der Waals surface area (Å²) in [5.74, 6) is 0. The number of nitrogens with one attached hydrogen (secondary N) is 1. The zero-order valence-corrected chi connectivity index (χ0v) is 11.6. The van der Waals surface area contributed by atoms with Crippen LogP contribution < -0.4 is 5.32 Å². The molecule has 0 aliphatic carbocycles. The minimum absolute atomic E-state index is 0.597. The molecule has 1 N–H and O–H groups in total. The van der Waals surface area contributed by atoms with Crippen LogP contribution in [0.3, 0.4) is 0 Å². The number of likely N-dealkylation sites (N-methyl/N-ethyl adjacent to an activating group) is 1. The van der Waals surface area contributed by atoms with Crippen LogP contribution in [0, 0.1) is 0 Å². The monoisotopic (exact) mass is 238 g/mol. The van der Waals surface area contributed by atoms with E-state index in [2.05, 4.69) is 47.6 Å². The molecule has 0 spiro atoms. The molecule has 17 heavy (non-hydrogen) atoms. The molecule has 1 rings (SSSR count). The molecule has 0 amide bonds. The van der Waals surface area contributed by atoms with Gasteiger partial charge in [-0.05, 0) is 33.9 Å². The third-order valence-electron chi connectivity index (χ3n) is 3.11. The van der Waals surface area contributed by atoms with Crippen LogP contribution in [0.4, 0.5) is 0 Å². The van der Waals surface area contributed by atoms with Crippen LogP contribution in [0.5, 0.6) is 0 Å². The van der Waals surface area contributed by atoms with Gasteiger partial charge >= 0.3 is 0 Å². The first-order chi connectivity index (χ1) is 8.15. The van der Waals surface area contributed by atoms with Crippen molar-refractivity contribution in [1.29, 1.82) is 0 Å². The summed E-state index contributed by atoms with van der Waals surface area (Å²) in [6, 6.07) is 0.597. The molecule has 0 aliphatic heterocycles. The summed E-state index contributed by atoms with van der Waals surface area (Å²) in [4.78, 5) is 6.58. The second kappa shape index (κ2) is 7.45. The molecule has 1 aromatic rings. The lowest BCUT2D eigenvalue weighted by Gasteiger charge is -2.21. The molecule has 1 aromatic heterocycles. The van der Waals surface area contributed by atoms with Crippen molar-refractivity contribution in [2.75, 3.05) is 20.1 Å². The fourth-order valence-corrected chi connectivity index (χ4v) is 1.61. The zero-order chi connectivity index (χ0) is 12.7. The molecule has 0 saturated carbocycles. The Morgan fingerprint density at radius 3 is 2.88 bits per heavy atom. The van der Waals surface area contributed by atoms with Crippen LogP contribution in [0.2, 0.25) is 0 Å². The smallest absolute Gasteiger partial charge is 0.0949 e. The number of hydrogen-bond donors (Lipinski definition) is 1. The number of imidazole rings is 1. The molecule has 4 heteroatoms. The van der Waals surface area contributed by atoms with Crippen LogP contribution >= 0.6 is 0 Å². The zero-order valence-electron chi connectivity index (χ0n) is 11.6. The summed E-state index contributed by atoms with van der Waals surface area (Å²) in [6.45, 7) is 10.7. The van der Waals surface area contributed by atoms with Crippen LogP contribution in [0.25, 0.3) is 0 Å². The average Bonchev–Trinajstić information content (AvgIpc) is 2.74. The minimum atomic E-state index is 0.597. The van der Waals surface area contributed by atoms with Gasteiger partial charge in [-0.2, -0.15) is 0 Å². The highest BCUT2D eigenvalue weighted by Crippen LogP contribution is 2.01. The molecule has 0 aliphatic rings. The molecule has 0 fully saturated rings. The Kier molecular flexibility index (Phi) is 6.22. The average molecular weight is 238 g/mol. The van der Waals surface area contributed by atoms with E-state index in [4.69, 9.17) is 0 Å². The number of nitrogens with zero attached hydrogens (tertiary/aromatic N) is 3. The summed E-state index contributed by atoms with van der Waals surface area (Å²) < 4.78 is 2.24. The molecule has 0 unspecified atom stereocenters. The third-order valence-corrected chi connectivity index (χ3v) is 3.11. The number of hydrogen-bond acceptors (Lipinski definition) is 3. The van der Waals surface area contributed by atoms with Gasteiger partial charge in [-0.1, -0.05) is 6.92 Å². The highest BCUT2D eigenvalue weighted by molar-refractivity contribution is 4.97. The molecule has 0 atom stereocenters. The molecule has 0 aromatic carbocycles. The van der Waals surface area contributed by atoms with Gasteiger partial charge in [0.05, 0.1) is 12.0 Å². The second-order valence-electron chi connectivity index (χ2n) is 4.83. The second-order valence-corrected chi connectivity index (χ2v) is 4.83. The maximum atomic E-state index is 4.23. The van der Waals surface area contributed by atoms with Gasteiger partial charge in [0.25, 0.3) is 0 Å². The summed E-state index contributed by atoms with van der Waals surface area (Å²) in [5.41, 5.74) is 1.27.